The van der Waals surface area contributed by atoms with Gasteiger partial charge in [-0.3, -0.25) is 0 Å². The van der Waals surface area contributed by atoms with Gasteiger partial charge in [-0.1, -0.05) is 0 Å². The molecule has 0 bridgehead atoms. The predicted octanol–water partition coefficient (Wildman–Crippen LogP) is 4.21. The van der Waals surface area contributed by atoms with Gasteiger partial charge in [-0.15, -0.1) is 0 Å². The van der Waals surface area contributed by atoms with Crippen molar-refractivity contribution >= 4 is 27.4 Å². The van der Waals surface area contributed by atoms with Crippen LogP contribution in [0.5, 0.6) is 5.75 Å². The molecule has 0 amide bonds. The number of hydrogen-bond acceptors (Lipinski definition) is 3. The molecule has 0 saturated heterocycles. The molecule has 0 radical (unpaired) electrons. The summed E-state index contributed by atoms with van der Waals surface area (Å²) in [6.07, 6.45) is 1.84. The van der Waals surface area contributed by atoms with Crippen LogP contribution in [0.3, 0.4) is 0 Å². The minimum Gasteiger partial charge on any atom is -0.497 e. The van der Waals surface area contributed by atoms with E-state index in [0.717, 1.165) is 32.9 Å². The standard InChI is InChI=1S/C14H15BrN2O/c1-9-6-12(15)14(16-8-9)17-13-5-4-11(18-3)7-10(13)2/h4-8H,1-3H3,(H,16,17). The highest BCUT2D eigenvalue weighted by Crippen LogP contribution is 2.27. The Kier molecular flexibility index (Phi) is 3.87. The number of pyridine rings is 1. The molecule has 1 heterocycles. The maximum absolute atomic E-state index is 5.19. The van der Waals surface area contributed by atoms with Crippen molar-refractivity contribution in [2.75, 3.05) is 12.4 Å². The molecule has 3 nitrogen and oxygen atoms in total. The van der Waals surface area contributed by atoms with Crippen molar-refractivity contribution in [1.82, 2.24) is 4.98 Å². The third kappa shape index (κ3) is 2.82. The Morgan fingerprint density at radius 2 is 2.00 bits per heavy atom. The van der Waals surface area contributed by atoms with Gasteiger partial charge in [0.05, 0.1) is 11.6 Å². The second-order valence-electron chi connectivity index (χ2n) is 4.15. The van der Waals surface area contributed by atoms with Crippen molar-refractivity contribution in [3.05, 3.63) is 46.1 Å². The van der Waals surface area contributed by atoms with E-state index in [9.17, 15) is 0 Å². The van der Waals surface area contributed by atoms with Gasteiger partial charge in [0.1, 0.15) is 11.6 Å². The van der Waals surface area contributed by atoms with Crippen LogP contribution >= 0.6 is 15.9 Å². The molecule has 94 valence electrons. The number of nitrogens with zero attached hydrogens (tertiary/aromatic N) is 1. The van der Waals surface area contributed by atoms with Gasteiger partial charge in [0.15, 0.2) is 0 Å². The second-order valence-corrected chi connectivity index (χ2v) is 5.00. The van der Waals surface area contributed by atoms with Gasteiger partial charge in [0.2, 0.25) is 0 Å². The number of ether oxygens (including phenoxy) is 1. The van der Waals surface area contributed by atoms with E-state index in [2.05, 4.69) is 26.2 Å². The molecule has 1 N–H and O–H groups in total. The first-order chi connectivity index (χ1) is 8.60. The van der Waals surface area contributed by atoms with Crippen molar-refractivity contribution in [3.63, 3.8) is 0 Å². The molecule has 1 aromatic heterocycles. The van der Waals surface area contributed by atoms with Gasteiger partial charge in [-0.25, -0.2) is 4.98 Å². The van der Waals surface area contributed by atoms with E-state index in [4.69, 9.17) is 4.74 Å². The van der Waals surface area contributed by atoms with E-state index in [1.807, 2.05) is 44.3 Å². The maximum Gasteiger partial charge on any atom is 0.144 e. The third-order valence-electron chi connectivity index (χ3n) is 2.66. The van der Waals surface area contributed by atoms with Crippen molar-refractivity contribution in [3.8, 4) is 5.75 Å². The van der Waals surface area contributed by atoms with Crippen molar-refractivity contribution in [1.29, 1.82) is 0 Å². The van der Waals surface area contributed by atoms with Crippen LogP contribution in [0.2, 0.25) is 0 Å². The Morgan fingerprint density at radius 1 is 1.22 bits per heavy atom. The van der Waals surface area contributed by atoms with Crippen LogP contribution in [-0.4, -0.2) is 12.1 Å². The zero-order valence-corrected chi connectivity index (χ0v) is 12.2. The number of rotatable bonds is 3. The minimum absolute atomic E-state index is 0.814. The minimum atomic E-state index is 0.814. The van der Waals surface area contributed by atoms with Crippen LogP contribution in [0.1, 0.15) is 11.1 Å². The van der Waals surface area contributed by atoms with E-state index in [-0.39, 0.29) is 0 Å². The lowest BCUT2D eigenvalue weighted by molar-refractivity contribution is 0.414. The Balaban J connectivity index is 2.28. The van der Waals surface area contributed by atoms with Crippen LogP contribution in [0.25, 0.3) is 0 Å². The van der Waals surface area contributed by atoms with Gasteiger partial charge >= 0.3 is 0 Å². The molecule has 0 aliphatic rings. The Morgan fingerprint density at radius 3 is 2.61 bits per heavy atom. The maximum atomic E-state index is 5.19. The fraction of sp³-hybridized carbons (Fsp3) is 0.214. The number of aromatic nitrogens is 1. The molecule has 0 aliphatic carbocycles. The fourth-order valence-electron chi connectivity index (χ4n) is 1.66. The number of halogens is 1. The lowest BCUT2D eigenvalue weighted by atomic mass is 10.2. The Bertz CT molecular complexity index is 570. The average Bonchev–Trinajstić information content (AvgIpc) is 2.34. The normalized spacial score (nSPS) is 10.2. The zero-order chi connectivity index (χ0) is 13.1. The Hall–Kier alpha value is -1.55. The summed E-state index contributed by atoms with van der Waals surface area (Å²) in [5, 5.41) is 3.31. The molecule has 18 heavy (non-hydrogen) atoms. The highest BCUT2D eigenvalue weighted by Gasteiger charge is 2.05. The highest BCUT2D eigenvalue weighted by atomic mass is 79.9. The van der Waals surface area contributed by atoms with Crippen LogP contribution in [0.4, 0.5) is 11.5 Å². The molecule has 0 unspecified atom stereocenters. The van der Waals surface area contributed by atoms with E-state index in [1.165, 1.54) is 0 Å². The van der Waals surface area contributed by atoms with Gasteiger partial charge in [0.25, 0.3) is 0 Å². The molecule has 2 aromatic rings. The average molecular weight is 307 g/mol. The van der Waals surface area contributed by atoms with E-state index in [0.29, 0.717) is 0 Å². The number of hydrogen-bond donors (Lipinski definition) is 1. The monoisotopic (exact) mass is 306 g/mol. The number of benzene rings is 1. The summed E-state index contributed by atoms with van der Waals surface area (Å²) >= 11 is 3.51. The van der Waals surface area contributed by atoms with Gasteiger partial charge in [-0.05, 0) is 65.2 Å². The topological polar surface area (TPSA) is 34.1 Å². The molecule has 1 aromatic carbocycles. The predicted molar refractivity (Wildman–Crippen MR) is 77.7 cm³/mol. The lowest BCUT2D eigenvalue weighted by Gasteiger charge is -2.11. The van der Waals surface area contributed by atoms with Crippen LogP contribution in [0, 0.1) is 13.8 Å². The number of aryl methyl sites for hydroxylation is 2. The first-order valence-electron chi connectivity index (χ1n) is 5.64. The van der Waals surface area contributed by atoms with Crippen LogP contribution in [-0.2, 0) is 0 Å². The molecular weight excluding hydrogens is 292 g/mol. The summed E-state index contributed by atoms with van der Waals surface area (Å²) < 4.78 is 6.14. The van der Waals surface area contributed by atoms with Crippen molar-refractivity contribution in [2.45, 2.75) is 13.8 Å². The largest absolute Gasteiger partial charge is 0.497 e. The van der Waals surface area contributed by atoms with Crippen LogP contribution < -0.4 is 10.1 Å². The third-order valence-corrected chi connectivity index (χ3v) is 3.27. The number of methoxy groups -OCH3 is 1. The summed E-state index contributed by atoms with van der Waals surface area (Å²) in [5.41, 5.74) is 3.26. The summed E-state index contributed by atoms with van der Waals surface area (Å²) in [7, 11) is 1.67. The van der Waals surface area contributed by atoms with Gasteiger partial charge < -0.3 is 10.1 Å². The highest BCUT2D eigenvalue weighted by molar-refractivity contribution is 9.10. The molecular formula is C14H15BrN2O. The van der Waals surface area contributed by atoms with Crippen molar-refractivity contribution in [2.24, 2.45) is 0 Å². The molecule has 2 rings (SSSR count). The molecule has 0 saturated carbocycles. The Labute approximate surface area is 115 Å². The SMILES string of the molecule is COc1ccc(Nc2ncc(C)cc2Br)c(C)c1. The van der Waals surface area contributed by atoms with E-state index < -0.39 is 0 Å². The van der Waals surface area contributed by atoms with Crippen molar-refractivity contribution < 1.29 is 4.74 Å². The zero-order valence-electron chi connectivity index (χ0n) is 10.6. The molecule has 0 spiro atoms. The summed E-state index contributed by atoms with van der Waals surface area (Å²) in [6.45, 7) is 4.05. The smallest absolute Gasteiger partial charge is 0.144 e. The summed E-state index contributed by atoms with van der Waals surface area (Å²) in [5.74, 6) is 1.67. The summed E-state index contributed by atoms with van der Waals surface area (Å²) in [4.78, 5) is 4.37. The first-order valence-corrected chi connectivity index (χ1v) is 6.43. The van der Waals surface area contributed by atoms with Gasteiger partial charge in [-0.2, -0.15) is 0 Å². The second kappa shape index (κ2) is 5.40. The molecule has 0 fully saturated rings. The fourth-order valence-corrected chi connectivity index (χ4v) is 2.22. The van der Waals surface area contributed by atoms with Gasteiger partial charge in [0, 0.05) is 11.9 Å². The number of anilines is 2. The molecule has 4 heteroatoms. The first kappa shape index (κ1) is 12.9. The number of nitrogens with one attached hydrogen (secondary N) is 1. The van der Waals surface area contributed by atoms with E-state index in [1.54, 1.807) is 7.11 Å². The molecule has 0 aliphatic heterocycles. The molecule has 0 atom stereocenters. The lowest BCUT2D eigenvalue weighted by Crippen LogP contribution is -1.97. The van der Waals surface area contributed by atoms with Crippen LogP contribution in [0.15, 0.2) is 34.9 Å². The summed E-state index contributed by atoms with van der Waals surface area (Å²) in [6, 6.07) is 7.94. The quantitative estimate of drug-likeness (QED) is 0.922. The van der Waals surface area contributed by atoms with E-state index >= 15 is 0 Å².